The summed E-state index contributed by atoms with van der Waals surface area (Å²) >= 11 is 0. The summed E-state index contributed by atoms with van der Waals surface area (Å²) < 4.78 is 0. The molecule has 24 heavy (non-hydrogen) atoms. The molecule has 0 unspecified atom stereocenters. The highest BCUT2D eigenvalue weighted by Crippen LogP contribution is 2.39. The molecule has 0 aliphatic heterocycles. The summed E-state index contributed by atoms with van der Waals surface area (Å²) in [6.07, 6.45) is 5.66. The quantitative estimate of drug-likeness (QED) is 0.775. The number of amides is 1. The first kappa shape index (κ1) is 14.4. The summed E-state index contributed by atoms with van der Waals surface area (Å²) in [6.45, 7) is 1.89. The number of H-pyrrole nitrogens is 1. The Balaban J connectivity index is 1.68. The number of anilines is 1. The van der Waals surface area contributed by atoms with Gasteiger partial charge in [0.2, 0.25) is 0 Å². The van der Waals surface area contributed by atoms with Crippen LogP contribution in [0, 0.1) is 18.3 Å². The van der Waals surface area contributed by atoms with Crippen LogP contribution in [-0.2, 0) is 0 Å². The molecule has 2 N–H and O–H groups in total. The maximum Gasteiger partial charge on any atom is 0.259 e. The summed E-state index contributed by atoms with van der Waals surface area (Å²) in [5.41, 5.74) is 4.62. The summed E-state index contributed by atoms with van der Waals surface area (Å²) in [4.78, 5) is 24.6. The van der Waals surface area contributed by atoms with E-state index < -0.39 is 0 Å². The molecule has 1 aliphatic rings. The molecule has 1 fully saturated rings. The van der Waals surface area contributed by atoms with Crippen molar-refractivity contribution in [2.75, 3.05) is 5.32 Å². The number of hydrogen-bond donors (Lipinski definition) is 2. The fourth-order valence-electron chi connectivity index (χ4n) is 2.67. The lowest BCUT2D eigenvalue weighted by Gasteiger charge is -2.08. The van der Waals surface area contributed by atoms with Gasteiger partial charge in [-0.15, -0.1) is 0 Å². The third-order valence-corrected chi connectivity index (χ3v) is 4.25. The van der Waals surface area contributed by atoms with Gasteiger partial charge in [-0.05, 0) is 37.5 Å². The van der Waals surface area contributed by atoms with Gasteiger partial charge in [0.1, 0.15) is 5.52 Å². The number of aromatic amines is 1. The SMILES string of the molecule is Cc1ccc(C#N)cc1NC(=O)c1c[nH]c2ncc(C3CC3)nc12. The van der Waals surface area contributed by atoms with Gasteiger partial charge in [-0.1, -0.05) is 6.07 Å². The molecule has 1 amide bonds. The maximum atomic E-state index is 12.7. The zero-order chi connectivity index (χ0) is 16.7. The molecule has 0 atom stereocenters. The fourth-order valence-corrected chi connectivity index (χ4v) is 2.67. The van der Waals surface area contributed by atoms with Gasteiger partial charge in [0.25, 0.3) is 5.91 Å². The number of carbonyl (C=O) groups excluding carboxylic acids is 1. The number of aromatic nitrogens is 3. The van der Waals surface area contributed by atoms with Crippen LogP contribution in [0.4, 0.5) is 5.69 Å². The van der Waals surface area contributed by atoms with Crippen LogP contribution in [0.25, 0.3) is 11.2 Å². The standard InChI is InChI=1S/C18H15N5O/c1-10-2-3-11(7-19)6-14(10)23-18(24)13-8-20-17-16(13)22-15(9-21-17)12-4-5-12/h2-3,6,8-9,12H,4-5H2,1H3,(H,20,21)(H,23,24). The predicted molar refractivity (Wildman–Crippen MR) is 89.7 cm³/mol. The topological polar surface area (TPSA) is 94.5 Å². The fraction of sp³-hybridized carbons (Fsp3) is 0.222. The van der Waals surface area contributed by atoms with Gasteiger partial charge in [-0.3, -0.25) is 4.79 Å². The Bertz CT molecular complexity index is 994. The zero-order valence-electron chi connectivity index (χ0n) is 13.1. The molecular weight excluding hydrogens is 302 g/mol. The third kappa shape index (κ3) is 2.50. The minimum absolute atomic E-state index is 0.262. The molecule has 118 valence electrons. The van der Waals surface area contributed by atoms with Crippen LogP contribution in [0.15, 0.2) is 30.6 Å². The number of benzene rings is 1. The van der Waals surface area contributed by atoms with Crippen molar-refractivity contribution in [3.63, 3.8) is 0 Å². The average molecular weight is 317 g/mol. The van der Waals surface area contributed by atoms with E-state index in [1.165, 1.54) is 0 Å². The van der Waals surface area contributed by atoms with Crippen molar-refractivity contribution in [2.45, 2.75) is 25.7 Å². The van der Waals surface area contributed by atoms with E-state index >= 15 is 0 Å². The van der Waals surface area contributed by atoms with Crippen molar-refractivity contribution in [3.8, 4) is 6.07 Å². The molecule has 0 saturated heterocycles. The van der Waals surface area contributed by atoms with Crippen LogP contribution >= 0.6 is 0 Å². The lowest BCUT2D eigenvalue weighted by molar-refractivity contribution is 0.102. The summed E-state index contributed by atoms with van der Waals surface area (Å²) in [5, 5.41) is 11.9. The lowest BCUT2D eigenvalue weighted by Crippen LogP contribution is -2.13. The van der Waals surface area contributed by atoms with Crippen LogP contribution in [0.3, 0.4) is 0 Å². The summed E-state index contributed by atoms with van der Waals surface area (Å²) in [5.74, 6) is 0.212. The normalized spacial score (nSPS) is 13.7. The van der Waals surface area contributed by atoms with Crippen LogP contribution in [-0.4, -0.2) is 20.9 Å². The molecule has 6 nitrogen and oxygen atoms in total. The van der Waals surface area contributed by atoms with E-state index in [2.05, 4.69) is 26.3 Å². The van der Waals surface area contributed by atoms with E-state index in [0.29, 0.717) is 33.9 Å². The number of fused-ring (bicyclic) bond motifs is 1. The van der Waals surface area contributed by atoms with Gasteiger partial charge >= 0.3 is 0 Å². The van der Waals surface area contributed by atoms with E-state index in [9.17, 15) is 4.79 Å². The first-order valence-electron chi connectivity index (χ1n) is 7.82. The molecule has 1 saturated carbocycles. The zero-order valence-corrected chi connectivity index (χ0v) is 13.1. The van der Waals surface area contributed by atoms with Crippen LogP contribution < -0.4 is 5.32 Å². The number of nitrogens with zero attached hydrogens (tertiary/aromatic N) is 3. The number of hydrogen-bond acceptors (Lipinski definition) is 4. The van der Waals surface area contributed by atoms with Gasteiger partial charge < -0.3 is 10.3 Å². The van der Waals surface area contributed by atoms with E-state index in [4.69, 9.17) is 5.26 Å². The smallest absolute Gasteiger partial charge is 0.259 e. The lowest BCUT2D eigenvalue weighted by atomic mass is 10.1. The van der Waals surface area contributed by atoms with Gasteiger partial charge in [-0.25, -0.2) is 9.97 Å². The molecule has 6 heteroatoms. The van der Waals surface area contributed by atoms with E-state index in [-0.39, 0.29) is 5.91 Å². The van der Waals surface area contributed by atoms with Crippen molar-refractivity contribution in [1.82, 2.24) is 15.0 Å². The van der Waals surface area contributed by atoms with Crippen molar-refractivity contribution in [2.24, 2.45) is 0 Å². The second kappa shape index (κ2) is 5.46. The monoisotopic (exact) mass is 317 g/mol. The average Bonchev–Trinajstić information content (AvgIpc) is 3.36. The van der Waals surface area contributed by atoms with Crippen LogP contribution in [0.2, 0.25) is 0 Å². The Morgan fingerprint density at radius 3 is 3.00 bits per heavy atom. The minimum Gasteiger partial charge on any atom is -0.344 e. The third-order valence-electron chi connectivity index (χ3n) is 4.25. The largest absolute Gasteiger partial charge is 0.344 e. The van der Waals surface area contributed by atoms with Gasteiger partial charge in [0.05, 0.1) is 29.1 Å². The number of carbonyl (C=O) groups is 1. The molecular formula is C18H15N5O. The molecule has 4 rings (SSSR count). The van der Waals surface area contributed by atoms with Crippen molar-refractivity contribution in [3.05, 3.63) is 53.0 Å². The van der Waals surface area contributed by atoms with Crippen molar-refractivity contribution >= 4 is 22.8 Å². The highest BCUT2D eigenvalue weighted by Gasteiger charge is 2.26. The number of aryl methyl sites for hydroxylation is 1. The Hall–Kier alpha value is -3.20. The predicted octanol–water partition coefficient (Wildman–Crippen LogP) is 3.27. The van der Waals surface area contributed by atoms with Gasteiger partial charge in [0.15, 0.2) is 5.65 Å². The molecule has 0 radical (unpaired) electrons. The Kier molecular flexibility index (Phi) is 3.28. The van der Waals surface area contributed by atoms with Crippen molar-refractivity contribution in [1.29, 1.82) is 5.26 Å². The molecule has 2 heterocycles. The first-order valence-corrected chi connectivity index (χ1v) is 7.82. The molecule has 1 aliphatic carbocycles. The highest BCUT2D eigenvalue weighted by molar-refractivity contribution is 6.11. The Labute approximate surface area is 138 Å². The molecule has 1 aromatic carbocycles. The van der Waals surface area contributed by atoms with Gasteiger partial charge in [-0.2, -0.15) is 5.26 Å². The van der Waals surface area contributed by atoms with Crippen molar-refractivity contribution < 1.29 is 4.79 Å². The minimum atomic E-state index is -0.262. The molecule has 0 bridgehead atoms. The molecule has 2 aromatic heterocycles. The number of nitriles is 1. The molecule has 3 aromatic rings. The summed E-state index contributed by atoms with van der Waals surface area (Å²) in [6, 6.07) is 7.29. The van der Waals surface area contributed by atoms with E-state index in [0.717, 1.165) is 24.1 Å². The van der Waals surface area contributed by atoms with Gasteiger partial charge in [0, 0.05) is 17.8 Å². The van der Waals surface area contributed by atoms with E-state index in [1.807, 2.05) is 13.0 Å². The highest BCUT2D eigenvalue weighted by atomic mass is 16.1. The van der Waals surface area contributed by atoms with Crippen LogP contribution in [0.1, 0.15) is 45.9 Å². The summed E-state index contributed by atoms with van der Waals surface area (Å²) in [7, 11) is 0. The maximum absolute atomic E-state index is 12.7. The number of nitrogens with one attached hydrogen (secondary N) is 2. The van der Waals surface area contributed by atoms with E-state index in [1.54, 1.807) is 24.5 Å². The van der Waals surface area contributed by atoms with Crippen LogP contribution in [0.5, 0.6) is 0 Å². The number of rotatable bonds is 3. The second-order valence-electron chi connectivity index (χ2n) is 6.06. The molecule has 0 spiro atoms. The second-order valence-corrected chi connectivity index (χ2v) is 6.06. The Morgan fingerprint density at radius 1 is 1.42 bits per heavy atom. The Morgan fingerprint density at radius 2 is 2.25 bits per heavy atom. The first-order chi connectivity index (χ1) is 11.7.